The van der Waals surface area contributed by atoms with Crippen molar-refractivity contribution in [1.29, 1.82) is 0 Å². The van der Waals surface area contributed by atoms with Crippen LogP contribution in [0.15, 0.2) is 72.8 Å². The maximum atomic E-state index is 14.0. The number of ether oxygens (including phenoxy) is 1. The van der Waals surface area contributed by atoms with Gasteiger partial charge < -0.3 is 15.0 Å². The number of methoxy groups -OCH3 is 1. The van der Waals surface area contributed by atoms with Crippen molar-refractivity contribution in [1.82, 2.24) is 10.2 Å². The van der Waals surface area contributed by atoms with E-state index in [4.69, 9.17) is 16.3 Å². The van der Waals surface area contributed by atoms with E-state index in [0.29, 0.717) is 11.3 Å². The fraction of sp³-hybridized carbons (Fsp3) is 0.310. The Kier molecular flexibility index (Phi) is 10.5. The summed E-state index contributed by atoms with van der Waals surface area (Å²) < 4.78 is 45.4. The number of carbonyl (C=O) groups is 2. The topological polar surface area (TPSA) is 96.0 Å². The zero-order valence-electron chi connectivity index (χ0n) is 22.8. The van der Waals surface area contributed by atoms with Crippen LogP contribution in [0.1, 0.15) is 25.0 Å². The first-order chi connectivity index (χ1) is 18.9. The Morgan fingerprint density at radius 2 is 1.65 bits per heavy atom. The number of nitrogens with zero attached hydrogens (tertiary/aromatic N) is 2. The molecule has 0 unspecified atom stereocenters. The average Bonchev–Trinajstić information content (AvgIpc) is 2.89. The molecule has 3 aromatic carbocycles. The van der Waals surface area contributed by atoms with Gasteiger partial charge in [0.05, 0.1) is 24.1 Å². The van der Waals surface area contributed by atoms with Gasteiger partial charge in [0.2, 0.25) is 21.8 Å². The molecule has 1 atom stereocenters. The highest BCUT2D eigenvalue weighted by molar-refractivity contribution is 7.92. The minimum atomic E-state index is -3.95. The molecule has 0 bridgehead atoms. The molecule has 0 aliphatic rings. The standard InChI is InChI=1S/C29H33ClFN3O5S/c1-20(2)32-29(36)26(16-21-8-6-5-7-9-21)33(18-22-10-12-23(31)13-11-22)28(35)19-34(40(4,37)38)24-14-15-27(39-3)25(30)17-24/h5-15,17,20,26H,16,18-19H2,1-4H3,(H,32,36)/t26-/m0/s1. The van der Waals surface area contributed by atoms with E-state index in [1.54, 1.807) is 0 Å². The molecule has 214 valence electrons. The van der Waals surface area contributed by atoms with Crippen molar-refractivity contribution in [2.75, 3.05) is 24.2 Å². The largest absolute Gasteiger partial charge is 0.495 e. The van der Waals surface area contributed by atoms with Crippen LogP contribution in [0, 0.1) is 5.82 Å². The minimum Gasteiger partial charge on any atom is -0.495 e. The summed E-state index contributed by atoms with van der Waals surface area (Å²) in [5, 5.41) is 3.04. The number of halogens is 2. The van der Waals surface area contributed by atoms with Gasteiger partial charge in [-0.1, -0.05) is 54.1 Å². The highest BCUT2D eigenvalue weighted by atomic mass is 35.5. The first kappa shape index (κ1) is 30.9. The summed E-state index contributed by atoms with van der Waals surface area (Å²) in [4.78, 5) is 28.8. The van der Waals surface area contributed by atoms with Crippen LogP contribution >= 0.6 is 11.6 Å². The Balaban J connectivity index is 2.06. The molecule has 0 aromatic heterocycles. The van der Waals surface area contributed by atoms with Crippen LogP contribution in [0.4, 0.5) is 10.1 Å². The molecule has 0 aliphatic carbocycles. The second-order valence-corrected chi connectivity index (χ2v) is 11.9. The highest BCUT2D eigenvalue weighted by Gasteiger charge is 2.33. The number of rotatable bonds is 12. The van der Waals surface area contributed by atoms with Gasteiger partial charge in [-0.05, 0) is 55.3 Å². The smallest absolute Gasteiger partial charge is 0.244 e. The third-order valence-corrected chi connectivity index (χ3v) is 7.51. The number of amides is 2. The third kappa shape index (κ3) is 8.43. The van der Waals surface area contributed by atoms with Crippen LogP contribution < -0.4 is 14.4 Å². The van der Waals surface area contributed by atoms with Crippen molar-refractivity contribution >= 4 is 39.1 Å². The van der Waals surface area contributed by atoms with Crippen LogP contribution in [-0.4, -0.2) is 57.1 Å². The molecule has 3 rings (SSSR count). The number of hydrogen-bond donors (Lipinski definition) is 1. The van der Waals surface area contributed by atoms with Gasteiger partial charge in [0, 0.05) is 19.0 Å². The molecule has 2 amide bonds. The summed E-state index contributed by atoms with van der Waals surface area (Å²) in [7, 11) is -2.52. The lowest BCUT2D eigenvalue weighted by molar-refractivity contribution is -0.140. The molecule has 8 nitrogen and oxygen atoms in total. The molecule has 11 heteroatoms. The van der Waals surface area contributed by atoms with E-state index in [2.05, 4.69) is 5.32 Å². The zero-order valence-corrected chi connectivity index (χ0v) is 24.4. The van der Waals surface area contributed by atoms with Gasteiger partial charge >= 0.3 is 0 Å². The number of anilines is 1. The van der Waals surface area contributed by atoms with Crippen LogP contribution in [-0.2, 0) is 32.6 Å². The Bertz CT molecular complexity index is 1420. The summed E-state index contributed by atoms with van der Waals surface area (Å²) in [6.45, 7) is 2.97. The zero-order chi connectivity index (χ0) is 29.4. The molecule has 0 saturated heterocycles. The maximum Gasteiger partial charge on any atom is 0.244 e. The molecule has 0 heterocycles. The van der Waals surface area contributed by atoms with Gasteiger partial charge in [-0.25, -0.2) is 12.8 Å². The van der Waals surface area contributed by atoms with E-state index >= 15 is 0 Å². The Hall–Kier alpha value is -3.63. The molecule has 0 fully saturated rings. The Labute approximate surface area is 239 Å². The molecular formula is C29H33ClFN3O5S. The van der Waals surface area contributed by atoms with Gasteiger partial charge in [-0.3, -0.25) is 13.9 Å². The van der Waals surface area contributed by atoms with Gasteiger partial charge in [-0.2, -0.15) is 0 Å². The molecule has 0 radical (unpaired) electrons. The van der Waals surface area contributed by atoms with Crippen molar-refractivity contribution in [2.24, 2.45) is 0 Å². The molecule has 0 spiro atoms. The van der Waals surface area contributed by atoms with Crippen molar-refractivity contribution < 1.29 is 27.1 Å². The van der Waals surface area contributed by atoms with Crippen LogP contribution in [0.25, 0.3) is 0 Å². The van der Waals surface area contributed by atoms with E-state index in [1.165, 1.54) is 54.5 Å². The van der Waals surface area contributed by atoms with Crippen LogP contribution in [0.3, 0.4) is 0 Å². The first-order valence-corrected chi connectivity index (χ1v) is 14.8. The first-order valence-electron chi connectivity index (χ1n) is 12.6. The molecule has 0 aliphatic heterocycles. The Morgan fingerprint density at radius 3 is 2.20 bits per heavy atom. The van der Waals surface area contributed by atoms with Gasteiger partial charge in [0.15, 0.2) is 0 Å². The number of benzene rings is 3. The van der Waals surface area contributed by atoms with Gasteiger partial charge in [-0.15, -0.1) is 0 Å². The second kappa shape index (κ2) is 13.6. The normalized spacial score (nSPS) is 12.1. The van der Waals surface area contributed by atoms with Gasteiger partial charge in [0.1, 0.15) is 24.2 Å². The SMILES string of the molecule is COc1ccc(N(CC(=O)N(Cc2ccc(F)cc2)[C@@H](Cc2ccccc2)C(=O)NC(C)C)S(C)(=O)=O)cc1Cl. The summed E-state index contributed by atoms with van der Waals surface area (Å²) >= 11 is 6.25. The van der Waals surface area contributed by atoms with Crippen LogP contribution in [0.2, 0.25) is 5.02 Å². The lowest BCUT2D eigenvalue weighted by atomic mass is 10.0. The number of sulfonamides is 1. The molecular weight excluding hydrogens is 557 g/mol. The lowest BCUT2D eigenvalue weighted by Crippen LogP contribution is -2.54. The maximum absolute atomic E-state index is 14.0. The van der Waals surface area contributed by atoms with Crippen molar-refractivity contribution in [3.05, 3.63) is 94.8 Å². The van der Waals surface area contributed by atoms with E-state index in [1.807, 2.05) is 44.2 Å². The summed E-state index contributed by atoms with van der Waals surface area (Å²) in [5.74, 6) is -1.12. The Morgan fingerprint density at radius 1 is 1.00 bits per heavy atom. The summed E-state index contributed by atoms with van der Waals surface area (Å²) in [5.41, 5.74) is 1.54. The summed E-state index contributed by atoms with van der Waals surface area (Å²) in [6, 6.07) is 18.0. The predicted octanol–water partition coefficient (Wildman–Crippen LogP) is 4.42. The average molecular weight is 590 g/mol. The quantitative estimate of drug-likeness (QED) is 0.337. The van der Waals surface area contributed by atoms with Crippen molar-refractivity contribution in [3.63, 3.8) is 0 Å². The fourth-order valence-electron chi connectivity index (χ4n) is 4.15. The monoisotopic (exact) mass is 589 g/mol. The molecule has 0 saturated carbocycles. The van der Waals surface area contributed by atoms with E-state index < -0.39 is 40.2 Å². The van der Waals surface area contributed by atoms with Gasteiger partial charge in [0.25, 0.3) is 0 Å². The third-order valence-electron chi connectivity index (χ3n) is 6.07. The number of hydrogen-bond acceptors (Lipinski definition) is 5. The molecule has 3 aromatic rings. The predicted molar refractivity (Wildman–Crippen MR) is 154 cm³/mol. The van der Waals surface area contributed by atoms with Crippen molar-refractivity contribution in [2.45, 2.75) is 38.9 Å². The van der Waals surface area contributed by atoms with Crippen LogP contribution in [0.5, 0.6) is 5.75 Å². The second-order valence-electron chi connectivity index (χ2n) is 9.61. The van der Waals surface area contributed by atoms with E-state index in [0.717, 1.165) is 16.1 Å². The molecule has 1 N–H and O–H groups in total. The molecule has 40 heavy (non-hydrogen) atoms. The van der Waals surface area contributed by atoms with E-state index in [-0.39, 0.29) is 29.7 Å². The fourth-order valence-corrected chi connectivity index (χ4v) is 5.24. The van der Waals surface area contributed by atoms with Crippen molar-refractivity contribution in [3.8, 4) is 5.75 Å². The minimum absolute atomic E-state index is 0.0525. The highest BCUT2D eigenvalue weighted by Crippen LogP contribution is 2.30. The number of nitrogens with one attached hydrogen (secondary N) is 1. The lowest BCUT2D eigenvalue weighted by Gasteiger charge is -2.34. The van der Waals surface area contributed by atoms with E-state index in [9.17, 15) is 22.4 Å². The summed E-state index contributed by atoms with van der Waals surface area (Å²) in [6.07, 6.45) is 1.16. The number of carbonyl (C=O) groups excluding carboxylic acids is 2.